The molecule has 19 heavy (non-hydrogen) atoms. The van der Waals surface area contributed by atoms with Gasteiger partial charge in [0.1, 0.15) is 17.2 Å². The minimum atomic E-state index is -1.36. The van der Waals surface area contributed by atoms with Crippen LogP contribution in [0.5, 0.6) is 0 Å². The molecule has 1 aromatic heterocycles. The first-order chi connectivity index (χ1) is 8.90. The predicted molar refractivity (Wildman–Crippen MR) is 68.6 cm³/mol. The molecule has 0 saturated carbocycles. The van der Waals surface area contributed by atoms with E-state index in [0.717, 1.165) is 0 Å². The number of nitrogens with two attached hydrogens (primary N) is 1. The normalized spacial score (nSPS) is 10.4. The van der Waals surface area contributed by atoms with Crippen molar-refractivity contribution in [1.29, 1.82) is 0 Å². The SMILES string of the molecule is Cc1cc(-c2cc(N)[nH]c(=O)c2C(=O)O)ccc1F. The summed E-state index contributed by atoms with van der Waals surface area (Å²) in [5.41, 5.74) is 5.25. The van der Waals surface area contributed by atoms with E-state index in [0.29, 0.717) is 11.1 Å². The molecule has 4 N–H and O–H groups in total. The van der Waals surface area contributed by atoms with Gasteiger partial charge in [-0.25, -0.2) is 9.18 Å². The zero-order valence-electron chi connectivity index (χ0n) is 10.0. The first-order valence-electron chi connectivity index (χ1n) is 5.42. The van der Waals surface area contributed by atoms with Crippen molar-refractivity contribution in [3.05, 3.63) is 51.6 Å². The summed E-state index contributed by atoms with van der Waals surface area (Å²) in [6, 6.07) is 5.43. The highest BCUT2D eigenvalue weighted by molar-refractivity contribution is 5.96. The Kier molecular flexibility index (Phi) is 3.08. The van der Waals surface area contributed by atoms with Crippen LogP contribution < -0.4 is 11.3 Å². The summed E-state index contributed by atoms with van der Waals surface area (Å²) in [6.07, 6.45) is 0. The fourth-order valence-electron chi connectivity index (χ4n) is 1.83. The molecular weight excluding hydrogens is 251 g/mol. The van der Waals surface area contributed by atoms with Gasteiger partial charge in [-0.3, -0.25) is 4.79 Å². The van der Waals surface area contributed by atoms with E-state index in [1.807, 2.05) is 0 Å². The van der Waals surface area contributed by atoms with Crippen molar-refractivity contribution >= 4 is 11.8 Å². The average Bonchev–Trinajstić information content (AvgIpc) is 2.31. The maximum atomic E-state index is 13.2. The van der Waals surface area contributed by atoms with E-state index in [2.05, 4.69) is 4.98 Å². The molecule has 0 aliphatic rings. The quantitative estimate of drug-likeness (QED) is 0.768. The number of aryl methyl sites for hydroxylation is 1. The number of carbonyl (C=O) groups is 1. The van der Waals surface area contributed by atoms with Crippen molar-refractivity contribution in [3.8, 4) is 11.1 Å². The molecule has 0 bridgehead atoms. The molecule has 0 amide bonds. The van der Waals surface area contributed by atoms with Crippen LogP contribution in [0.3, 0.4) is 0 Å². The van der Waals surface area contributed by atoms with Crippen LogP contribution in [0, 0.1) is 12.7 Å². The number of anilines is 1. The largest absolute Gasteiger partial charge is 0.477 e. The first-order valence-corrected chi connectivity index (χ1v) is 5.42. The van der Waals surface area contributed by atoms with Gasteiger partial charge in [0.2, 0.25) is 0 Å². The van der Waals surface area contributed by atoms with Crippen LogP contribution in [0.25, 0.3) is 11.1 Å². The average molecular weight is 262 g/mol. The smallest absolute Gasteiger partial charge is 0.341 e. The number of aromatic amines is 1. The zero-order valence-corrected chi connectivity index (χ0v) is 10.0. The molecule has 0 fully saturated rings. The number of halogens is 1. The van der Waals surface area contributed by atoms with Crippen molar-refractivity contribution < 1.29 is 14.3 Å². The lowest BCUT2D eigenvalue weighted by Crippen LogP contribution is -2.20. The summed E-state index contributed by atoms with van der Waals surface area (Å²) in [5.74, 6) is -1.72. The van der Waals surface area contributed by atoms with Crippen molar-refractivity contribution in [2.75, 3.05) is 5.73 Å². The molecule has 6 heteroatoms. The highest BCUT2D eigenvalue weighted by atomic mass is 19.1. The number of benzene rings is 1. The first kappa shape index (κ1) is 12.8. The molecule has 0 radical (unpaired) electrons. The highest BCUT2D eigenvalue weighted by Crippen LogP contribution is 2.25. The molecule has 0 aliphatic carbocycles. The molecule has 2 rings (SSSR count). The fraction of sp³-hybridized carbons (Fsp3) is 0.0769. The summed E-state index contributed by atoms with van der Waals surface area (Å²) < 4.78 is 13.2. The van der Waals surface area contributed by atoms with Gasteiger partial charge < -0.3 is 15.8 Å². The van der Waals surface area contributed by atoms with Crippen molar-refractivity contribution in [3.63, 3.8) is 0 Å². The van der Waals surface area contributed by atoms with Gasteiger partial charge in [0, 0.05) is 5.56 Å². The second kappa shape index (κ2) is 4.56. The van der Waals surface area contributed by atoms with Crippen molar-refractivity contribution in [1.82, 2.24) is 4.98 Å². The molecule has 0 saturated heterocycles. The van der Waals surface area contributed by atoms with E-state index in [-0.39, 0.29) is 11.4 Å². The van der Waals surface area contributed by atoms with Gasteiger partial charge in [0.15, 0.2) is 0 Å². The number of carboxylic acids is 1. The second-order valence-electron chi connectivity index (χ2n) is 4.11. The molecule has 1 aromatic carbocycles. The number of hydrogen-bond donors (Lipinski definition) is 3. The van der Waals surface area contributed by atoms with Crippen LogP contribution >= 0.6 is 0 Å². The van der Waals surface area contributed by atoms with Gasteiger partial charge >= 0.3 is 5.97 Å². The summed E-state index contributed by atoms with van der Waals surface area (Å²) >= 11 is 0. The van der Waals surface area contributed by atoms with E-state index in [4.69, 9.17) is 10.8 Å². The third-order valence-electron chi connectivity index (χ3n) is 2.74. The van der Waals surface area contributed by atoms with Gasteiger partial charge in [-0.1, -0.05) is 6.07 Å². The van der Waals surface area contributed by atoms with Gasteiger partial charge in [-0.2, -0.15) is 0 Å². The summed E-state index contributed by atoms with van der Waals surface area (Å²) in [6.45, 7) is 1.55. The van der Waals surface area contributed by atoms with Gasteiger partial charge in [-0.15, -0.1) is 0 Å². The number of nitrogen functional groups attached to an aromatic ring is 1. The topological polar surface area (TPSA) is 96.2 Å². The Hall–Kier alpha value is -2.63. The van der Waals surface area contributed by atoms with Crippen LogP contribution in [0.15, 0.2) is 29.1 Å². The predicted octanol–water partition coefficient (Wildman–Crippen LogP) is 1.77. The van der Waals surface area contributed by atoms with Crippen LogP contribution in [-0.2, 0) is 0 Å². The Labute approximate surface area is 107 Å². The van der Waals surface area contributed by atoms with E-state index < -0.39 is 22.9 Å². The van der Waals surface area contributed by atoms with Crippen LogP contribution in [0.2, 0.25) is 0 Å². The molecule has 0 unspecified atom stereocenters. The van der Waals surface area contributed by atoms with Crippen LogP contribution in [0.1, 0.15) is 15.9 Å². The maximum absolute atomic E-state index is 13.2. The van der Waals surface area contributed by atoms with Crippen LogP contribution in [0.4, 0.5) is 10.2 Å². The molecular formula is C13H11FN2O3. The zero-order chi connectivity index (χ0) is 14.2. The Bertz CT molecular complexity index is 722. The number of hydrogen-bond acceptors (Lipinski definition) is 3. The molecule has 1 heterocycles. The third kappa shape index (κ3) is 2.33. The maximum Gasteiger partial charge on any atom is 0.341 e. The molecule has 2 aromatic rings. The highest BCUT2D eigenvalue weighted by Gasteiger charge is 2.17. The lowest BCUT2D eigenvalue weighted by Gasteiger charge is -2.08. The van der Waals surface area contributed by atoms with Gasteiger partial charge in [0.05, 0.1) is 0 Å². The van der Waals surface area contributed by atoms with Crippen LogP contribution in [-0.4, -0.2) is 16.1 Å². The fourth-order valence-corrected chi connectivity index (χ4v) is 1.83. The number of pyridine rings is 1. The second-order valence-corrected chi connectivity index (χ2v) is 4.11. The van der Waals surface area contributed by atoms with Gasteiger partial charge in [-0.05, 0) is 36.2 Å². The van der Waals surface area contributed by atoms with Crippen molar-refractivity contribution in [2.45, 2.75) is 6.92 Å². The lowest BCUT2D eigenvalue weighted by molar-refractivity contribution is 0.0696. The number of nitrogens with one attached hydrogen (secondary N) is 1. The minimum Gasteiger partial charge on any atom is -0.477 e. The lowest BCUT2D eigenvalue weighted by atomic mass is 9.99. The number of aromatic carboxylic acids is 1. The number of aromatic nitrogens is 1. The summed E-state index contributed by atoms with van der Waals surface area (Å²) in [4.78, 5) is 25.0. The molecule has 0 spiro atoms. The Morgan fingerprint density at radius 3 is 2.63 bits per heavy atom. The monoisotopic (exact) mass is 262 g/mol. The number of carboxylic acid groups (broad SMARTS) is 1. The van der Waals surface area contributed by atoms with E-state index in [1.54, 1.807) is 6.92 Å². The molecule has 0 atom stereocenters. The van der Waals surface area contributed by atoms with Crippen molar-refractivity contribution in [2.24, 2.45) is 0 Å². The van der Waals surface area contributed by atoms with Gasteiger partial charge in [0.25, 0.3) is 5.56 Å². The Morgan fingerprint density at radius 2 is 2.05 bits per heavy atom. The number of H-pyrrole nitrogens is 1. The number of rotatable bonds is 2. The van der Waals surface area contributed by atoms with E-state index in [9.17, 15) is 14.0 Å². The molecule has 0 aliphatic heterocycles. The van der Waals surface area contributed by atoms with E-state index >= 15 is 0 Å². The summed E-state index contributed by atoms with van der Waals surface area (Å²) in [5, 5.41) is 9.09. The molecule has 98 valence electrons. The molecule has 5 nitrogen and oxygen atoms in total. The standard InChI is InChI=1S/C13H11FN2O3/c1-6-4-7(2-3-9(6)14)8-5-10(15)16-12(17)11(8)13(18)19/h2-5H,1H3,(H,18,19)(H3,15,16,17). The minimum absolute atomic E-state index is 0.0481. The third-order valence-corrected chi connectivity index (χ3v) is 2.74. The Morgan fingerprint density at radius 1 is 1.37 bits per heavy atom. The summed E-state index contributed by atoms with van der Waals surface area (Å²) in [7, 11) is 0. The van der Waals surface area contributed by atoms with E-state index in [1.165, 1.54) is 24.3 Å². The Balaban J connectivity index is 2.77.